The van der Waals surface area contributed by atoms with Crippen molar-refractivity contribution in [2.75, 3.05) is 0 Å². The average Bonchev–Trinajstić information content (AvgIpc) is 3.58. The maximum atomic E-state index is 12.9. The molecule has 6 rings (SSSR count). The second kappa shape index (κ2) is 8.15. The topological polar surface area (TPSA) is 155 Å². The van der Waals surface area contributed by atoms with E-state index < -0.39 is 11.9 Å². The van der Waals surface area contributed by atoms with Crippen LogP contribution < -0.4 is 10.6 Å². The molecule has 2 unspecified atom stereocenters. The zero-order valence-corrected chi connectivity index (χ0v) is 18.7. The number of H-pyrrole nitrogens is 1. The molecule has 0 radical (unpaired) electrons. The highest BCUT2D eigenvalue weighted by atomic mass is 16.2. The molecule has 4 heterocycles. The number of rotatable bonds is 4. The van der Waals surface area contributed by atoms with Crippen LogP contribution in [0, 0.1) is 0 Å². The number of imide groups is 1. The third-order valence-electron chi connectivity index (χ3n) is 6.85. The van der Waals surface area contributed by atoms with Crippen molar-refractivity contribution in [3.63, 3.8) is 0 Å². The van der Waals surface area contributed by atoms with Crippen LogP contribution in [0.2, 0.25) is 0 Å². The fourth-order valence-electron chi connectivity index (χ4n) is 5.00. The zero-order chi connectivity index (χ0) is 24.1. The summed E-state index contributed by atoms with van der Waals surface area (Å²) in [7, 11) is 0. The summed E-state index contributed by atoms with van der Waals surface area (Å²) in [6.45, 7) is 0.258. The average molecular weight is 474 g/mol. The first-order chi connectivity index (χ1) is 17.0. The number of carbonyl (C=O) groups excluding carboxylic acids is 4. The standard InChI is InChI=1S/C23H22N8O4/c32-20-6-5-19(22(34)26-20)30-10-13-8-15(2-3-16(13)23(30)35)31-11-18(28-29-31)21(33)25-14-1-4-17-12(7-14)9-24-27-17/h2-3,8-9,11,14,19H,1,4-7,10H2,(H,24,27)(H,25,33)(H,26,32,34). The van der Waals surface area contributed by atoms with Crippen LogP contribution in [0.4, 0.5) is 0 Å². The van der Waals surface area contributed by atoms with Crippen LogP contribution in [0.3, 0.4) is 0 Å². The smallest absolute Gasteiger partial charge is 0.273 e. The highest BCUT2D eigenvalue weighted by Gasteiger charge is 2.39. The Hall–Kier alpha value is -4.35. The minimum Gasteiger partial charge on any atom is -0.348 e. The van der Waals surface area contributed by atoms with Gasteiger partial charge in [-0.2, -0.15) is 5.10 Å². The first-order valence-electron chi connectivity index (χ1n) is 11.5. The third kappa shape index (κ3) is 3.76. The Morgan fingerprint density at radius 1 is 1.11 bits per heavy atom. The number of hydrogen-bond donors (Lipinski definition) is 3. The van der Waals surface area contributed by atoms with Crippen LogP contribution >= 0.6 is 0 Å². The Bertz CT molecular complexity index is 1380. The third-order valence-corrected chi connectivity index (χ3v) is 6.85. The van der Waals surface area contributed by atoms with E-state index in [1.165, 1.54) is 9.58 Å². The van der Waals surface area contributed by atoms with Crippen LogP contribution in [0.15, 0.2) is 30.6 Å². The van der Waals surface area contributed by atoms with Gasteiger partial charge in [0.25, 0.3) is 11.8 Å². The number of carbonyl (C=O) groups is 4. The molecule has 0 saturated carbocycles. The number of hydrogen-bond acceptors (Lipinski definition) is 7. The van der Waals surface area contributed by atoms with E-state index in [2.05, 4.69) is 31.1 Å². The minimum absolute atomic E-state index is 0.00187. The molecule has 0 spiro atoms. The molecule has 2 aromatic heterocycles. The maximum Gasteiger partial charge on any atom is 0.273 e. The molecule has 1 fully saturated rings. The molecule has 1 aromatic carbocycles. The van der Waals surface area contributed by atoms with E-state index >= 15 is 0 Å². The molecular formula is C23H22N8O4. The van der Waals surface area contributed by atoms with E-state index in [4.69, 9.17) is 0 Å². The predicted molar refractivity (Wildman–Crippen MR) is 119 cm³/mol. The maximum absolute atomic E-state index is 12.9. The summed E-state index contributed by atoms with van der Waals surface area (Å²) >= 11 is 0. The van der Waals surface area contributed by atoms with Crippen LogP contribution in [0.5, 0.6) is 0 Å². The van der Waals surface area contributed by atoms with Gasteiger partial charge in [-0.25, -0.2) is 4.68 Å². The summed E-state index contributed by atoms with van der Waals surface area (Å²) in [5.41, 5.74) is 4.33. The normalized spacial score (nSPS) is 21.5. The van der Waals surface area contributed by atoms with Crippen LogP contribution in [0.1, 0.15) is 56.9 Å². The molecule has 178 valence electrons. The van der Waals surface area contributed by atoms with Crippen molar-refractivity contribution in [2.24, 2.45) is 0 Å². The van der Waals surface area contributed by atoms with E-state index in [1.54, 1.807) is 30.6 Å². The summed E-state index contributed by atoms with van der Waals surface area (Å²) in [6.07, 6.45) is 6.22. The number of piperidine rings is 1. The van der Waals surface area contributed by atoms with Crippen molar-refractivity contribution in [1.82, 2.24) is 40.7 Å². The highest BCUT2D eigenvalue weighted by molar-refractivity contribution is 6.05. The molecule has 4 amide bonds. The van der Waals surface area contributed by atoms with Crippen molar-refractivity contribution < 1.29 is 19.2 Å². The van der Waals surface area contributed by atoms with E-state index in [0.29, 0.717) is 24.1 Å². The first kappa shape index (κ1) is 21.2. The largest absolute Gasteiger partial charge is 0.348 e. The lowest BCUT2D eigenvalue weighted by Crippen LogP contribution is -2.52. The van der Waals surface area contributed by atoms with Crippen molar-refractivity contribution in [2.45, 2.75) is 50.7 Å². The molecule has 3 aromatic rings. The second-order valence-corrected chi connectivity index (χ2v) is 9.08. The van der Waals surface area contributed by atoms with Crippen molar-refractivity contribution in [3.05, 3.63) is 58.7 Å². The molecule has 12 heteroatoms. The summed E-state index contributed by atoms with van der Waals surface area (Å²) in [5.74, 6) is -1.31. The minimum atomic E-state index is -0.671. The van der Waals surface area contributed by atoms with Crippen molar-refractivity contribution in [3.8, 4) is 5.69 Å². The summed E-state index contributed by atoms with van der Waals surface area (Å²) < 4.78 is 1.49. The molecule has 1 saturated heterocycles. The number of aromatic nitrogens is 5. The van der Waals surface area contributed by atoms with E-state index in [-0.39, 0.29) is 42.4 Å². The van der Waals surface area contributed by atoms with Gasteiger partial charge in [0.05, 0.1) is 18.1 Å². The summed E-state index contributed by atoms with van der Waals surface area (Å²) in [5, 5.41) is 20.5. The number of aryl methyl sites for hydroxylation is 1. The SMILES string of the molecule is O=C1CCC(N2Cc3cc(-n4cc(C(=O)NC5CCc6[nH]ncc6C5)nn4)ccc3C2=O)C(=O)N1. The number of nitrogens with zero attached hydrogens (tertiary/aromatic N) is 5. The number of amides is 4. The Morgan fingerprint density at radius 3 is 2.86 bits per heavy atom. The molecule has 3 aliphatic rings. The van der Waals surface area contributed by atoms with Gasteiger partial charge in [0.15, 0.2) is 5.69 Å². The predicted octanol–water partition coefficient (Wildman–Crippen LogP) is 0.0387. The van der Waals surface area contributed by atoms with Gasteiger partial charge >= 0.3 is 0 Å². The molecule has 35 heavy (non-hydrogen) atoms. The van der Waals surface area contributed by atoms with Gasteiger partial charge in [-0.05, 0) is 55.0 Å². The molecule has 2 aliphatic heterocycles. The molecule has 0 bridgehead atoms. The van der Waals surface area contributed by atoms with E-state index in [0.717, 1.165) is 29.7 Å². The Balaban J connectivity index is 1.15. The Labute approximate surface area is 199 Å². The zero-order valence-electron chi connectivity index (χ0n) is 18.7. The van der Waals surface area contributed by atoms with Gasteiger partial charge in [-0.15, -0.1) is 5.10 Å². The van der Waals surface area contributed by atoms with Gasteiger partial charge in [0.1, 0.15) is 6.04 Å². The van der Waals surface area contributed by atoms with E-state index in [1.807, 2.05) is 0 Å². The quantitative estimate of drug-likeness (QED) is 0.451. The number of benzene rings is 1. The van der Waals surface area contributed by atoms with Crippen molar-refractivity contribution in [1.29, 1.82) is 0 Å². The van der Waals surface area contributed by atoms with Crippen LogP contribution in [-0.4, -0.2) is 65.8 Å². The lowest BCUT2D eigenvalue weighted by Gasteiger charge is -2.29. The van der Waals surface area contributed by atoms with Gasteiger partial charge in [-0.1, -0.05) is 5.21 Å². The monoisotopic (exact) mass is 474 g/mol. The number of fused-ring (bicyclic) bond motifs is 2. The summed E-state index contributed by atoms with van der Waals surface area (Å²) in [4.78, 5) is 50.8. The Morgan fingerprint density at radius 2 is 2.00 bits per heavy atom. The highest BCUT2D eigenvalue weighted by Crippen LogP contribution is 2.29. The lowest BCUT2D eigenvalue weighted by atomic mass is 9.93. The van der Waals surface area contributed by atoms with Crippen LogP contribution in [0.25, 0.3) is 5.69 Å². The summed E-state index contributed by atoms with van der Waals surface area (Å²) in [6, 6.07) is 4.54. The molecule has 12 nitrogen and oxygen atoms in total. The van der Waals surface area contributed by atoms with Crippen molar-refractivity contribution >= 4 is 23.6 Å². The lowest BCUT2D eigenvalue weighted by molar-refractivity contribution is -0.136. The molecule has 1 aliphatic carbocycles. The van der Waals surface area contributed by atoms with Gasteiger partial charge < -0.3 is 10.2 Å². The fourth-order valence-corrected chi connectivity index (χ4v) is 5.00. The number of aromatic amines is 1. The van der Waals surface area contributed by atoms with E-state index in [9.17, 15) is 19.2 Å². The molecular weight excluding hydrogens is 452 g/mol. The Kier molecular flexibility index (Phi) is 4.94. The van der Waals surface area contributed by atoms with Gasteiger partial charge in [-0.3, -0.25) is 29.6 Å². The van der Waals surface area contributed by atoms with Gasteiger partial charge in [0.2, 0.25) is 11.8 Å². The van der Waals surface area contributed by atoms with Crippen LogP contribution in [-0.2, 0) is 29.0 Å². The molecule has 2 atom stereocenters. The number of nitrogens with one attached hydrogen (secondary N) is 3. The second-order valence-electron chi connectivity index (χ2n) is 9.08. The molecule has 3 N–H and O–H groups in total. The first-order valence-corrected chi connectivity index (χ1v) is 11.5. The fraction of sp³-hybridized carbons (Fsp3) is 0.348. The van der Waals surface area contributed by atoms with Gasteiger partial charge in [0, 0.05) is 30.3 Å².